The highest BCUT2D eigenvalue weighted by molar-refractivity contribution is 6.68. The molecule has 210 valence electrons. The van der Waals surface area contributed by atoms with Gasteiger partial charge in [-0.1, -0.05) is 59.1 Å². The third kappa shape index (κ3) is 6.82. The van der Waals surface area contributed by atoms with Crippen molar-refractivity contribution >= 4 is 40.8 Å². The van der Waals surface area contributed by atoms with Crippen LogP contribution in [0.2, 0.25) is 0 Å². The molecule has 2 aromatic heterocycles. The highest BCUT2D eigenvalue weighted by atomic mass is 35.6. The van der Waals surface area contributed by atoms with E-state index < -0.39 is 22.0 Å². The molecule has 10 nitrogen and oxygen atoms in total. The second kappa shape index (κ2) is 11.8. The topological polar surface area (TPSA) is 145 Å². The number of methoxy groups -OCH3 is 1. The molecule has 2 unspecified atom stereocenters. The molecule has 13 heteroatoms. The second-order valence-electron chi connectivity index (χ2n) is 9.58. The Kier molecular flexibility index (Phi) is 8.44. The third-order valence-corrected chi connectivity index (χ3v) is 7.06. The maximum absolute atomic E-state index is 11.0. The number of aliphatic hydroxyl groups is 1. The smallest absolute Gasteiger partial charge is 0.337 e. The Balaban J connectivity index is 0.000000161. The number of nitrogens with zero attached hydrogens (tertiary/aromatic N) is 4. The van der Waals surface area contributed by atoms with Gasteiger partial charge in [-0.15, -0.1) is 20.4 Å². The molecule has 6 rings (SSSR count). The molecule has 4 aromatic rings. The predicted octanol–water partition coefficient (Wildman–Crippen LogP) is 6.40. The van der Waals surface area contributed by atoms with E-state index in [-0.39, 0.29) is 0 Å². The number of ether oxygens (including phenoxy) is 1. The Labute approximate surface area is 244 Å². The average molecular weight is 608 g/mol. The lowest BCUT2D eigenvalue weighted by Gasteiger charge is -2.19. The van der Waals surface area contributed by atoms with Crippen molar-refractivity contribution in [1.29, 1.82) is 0 Å². The van der Waals surface area contributed by atoms with Crippen molar-refractivity contribution in [2.45, 2.75) is 53.5 Å². The van der Waals surface area contributed by atoms with Gasteiger partial charge in [-0.25, -0.2) is 4.79 Å². The zero-order chi connectivity index (χ0) is 28.4. The van der Waals surface area contributed by atoms with Gasteiger partial charge in [0.05, 0.1) is 0 Å². The average Bonchev–Trinajstić information content (AvgIpc) is 3.88. The molecule has 2 atom stereocenters. The Hall–Kier alpha value is -3.02. The third-order valence-electron chi connectivity index (χ3n) is 6.44. The number of carboxylic acids is 1. The summed E-state index contributed by atoms with van der Waals surface area (Å²) in [6.45, 7) is 0. The summed E-state index contributed by atoms with van der Waals surface area (Å²) in [6, 6.07) is 13.7. The molecule has 2 N–H and O–H groups in total. The molecule has 2 aliphatic carbocycles. The fourth-order valence-electron chi connectivity index (χ4n) is 3.87. The Morgan fingerprint density at radius 1 is 0.825 bits per heavy atom. The van der Waals surface area contributed by atoms with Crippen LogP contribution in [0.1, 0.15) is 72.6 Å². The normalized spacial score (nSPS) is 16.6. The lowest BCUT2D eigenvalue weighted by atomic mass is 10.1. The number of aliphatic hydroxyl groups excluding tert-OH is 1. The van der Waals surface area contributed by atoms with Crippen LogP contribution < -0.4 is 0 Å². The number of hydrogen-bond acceptors (Lipinski definition) is 9. The zero-order valence-corrected chi connectivity index (χ0v) is 23.5. The summed E-state index contributed by atoms with van der Waals surface area (Å²) in [5, 5.41) is 34.9. The SMILES string of the molecule is COC(C(=O)O)c1ccc(-c2nnc(C3CC3)o2)cc1.OC(c1ccc(-c2nnc(C3CC3)o2)cc1)C(Cl)(Cl)Cl. The molecule has 40 heavy (non-hydrogen) atoms. The van der Waals surface area contributed by atoms with Gasteiger partial charge in [-0.05, 0) is 61.1 Å². The van der Waals surface area contributed by atoms with Crippen LogP contribution in [0.4, 0.5) is 0 Å². The minimum Gasteiger partial charge on any atom is -0.479 e. The van der Waals surface area contributed by atoms with Gasteiger partial charge < -0.3 is 23.8 Å². The summed E-state index contributed by atoms with van der Waals surface area (Å²) in [5.41, 5.74) is 2.62. The van der Waals surface area contributed by atoms with Gasteiger partial charge in [0.2, 0.25) is 27.4 Å². The molecule has 2 aliphatic rings. The van der Waals surface area contributed by atoms with E-state index in [0.29, 0.717) is 46.5 Å². The molecule has 2 fully saturated rings. The van der Waals surface area contributed by atoms with Crippen LogP contribution in [-0.2, 0) is 9.53 Å². The first-order valence-corrected chi connectivity index (χ1v) is 13.6. The van der Waals surface area contributed by atoms with Gasteiger partial charge >= 0.3 is 5.97 Å². The summed E-state index contributed by atoms with van der Waals surface area (Å²) < 4.78 is 14.4. The van der Waals surface area contributed by atoms with Crippen LogP contribution in [0.3, 0.4) is 0 Å². The number of carboxylic acid groups (broad SMARTS) is 1. The highest BCUT2D eigenvalue weighted by Crippen LogP contribution is 2.42. The molecule has 2 aromatic carbocycles. The summed E-state index contributed by atoms with van der Waals surface area (Å²) in [4.78, 5) is 11.0. The molecule has 0 saturated heterocycles. The fraction of sp³-hybridized carbons (Fsp3) is 0.370. The Bertz CT molecular complexity index is 1440. The van der Waals surface area contributed by atoms with Gasteiger partial charge in [-0.2, -0.15) is 0 Å². The quantitative estimate of drug-likeness (QED) is 0.216. The molecule has 2 saturated carbocycles. The van der Waals surface area contributed by atoms with Crippen molar-refractivity contribution < 1.29 is 28.6 Å². The minimum atomic E-state index is -1.76. The van der Waals surface area contributed by atoms with E-state index in [1.165, 1.54) is 7.11 Å². The first-order chi connectivity index (χ1) is 19.1. The zero-order valence-electron chi connectivity index (χ0n) is 21.2. The number of hydrogen-bond donors (Lipinski definition) is 2. The van der Waals surface area contributed by atoms with Crippen molar-refractivity contribution in [2.24, 2.45) is 0 Å². The van der Waals surface area contributed by atoms with E-state index in [4.69, 9.17) is 53.5 Å². The van der Waals surface area contributed by atoms with Gasteiger partial charge in [-0.3, -0.25) is 0 Å². The standard InChI is InChI=1S/C14H14N2O4.C13H11Cl3N2O2/c1-19-11(14(17)18)8-2-4-9(5-3-8)12-15-16-13(20-12)10-6-7-10;14-13(15,16)10(19)7-1-3-8(4-2-7)11-17-18-12(20-11)9-5-6-9/h2-5,10-11H,6-7H2,1H3,(H,17,18);1-4,9-10,19H,5-6H2. The van der Waals surface area contributed by atoms with Gasteiger partial charge in [0.1, 0.15) is 6.10 Å². The lowest BCUT2D eigenvalue weighted by Crippen LogP contribution is -2.16. The van der Waals surface area contributed by atoms with Gasteiger partial charge in [0.25, 0.3) is 0 Å². The fourth-order valence-corrected chi connectivity index (χ4v) is 4.25. The van der Waals surface area contributed by atoms with Crippen LogP contribution in [0.15, 0.2) is 57.4 Å². The molecule has 0 bridgehead atoms. The highest BCUT2D eigenvalue weighted by Gasteiger charge is 2.33. The molecule has 0 amide bonds. The second-order valence-corrected chi connectivity index (χ2v) is 12.0. The molecule has 0 radical (unpaired) electrons. The summed E-state index contributed by atoms with van der Waals surface area (Å²) >= 11 is 17.0. The molecule has 0 aliphatic heterocycles. The van der Waals surface area contributed by atoms with Crippen molar-refractivity contribution in [3.63, 3.8) is 0 Å². The number of rotatable bonds is 8. The summed E-state index contributed by atoms with van der Waals surface area (Å²) in [7, 11) is 1.37. The van der Waals surface area contributed by atoms with Crippen LogP contribution >= 0.6 is 34.8 Å². The van der Waals surface area contributed by atoms with E-state index in [2.05, 4.69) is 20.4 Å². The minimum absolute atomic E-state index is 0.417. The van der Waals surface area contributed by atoms with Crippen molar-refractivity contribution in [3.8, 4) is 22.9 Å². The van der Waals surface area contributed by atoms with E-state index in [9.17, 15) is 9.90 Å². The molecular formula is C27H25Cl3N4O6. The molecular weight excluding hydrogens is 583 g/mol. The number of aliphatic carboxylic acids is 1. The number of halogens is 3. The van der Waals surface area contributed by atoms with Crippen molar-refractivity contribution in [1.82, 2.24) is 20.4 Å². The monoisotopic (exact) mass is 606 g/mol. The van der Waals surface area contributed by atoms with Crippen LogP contribution in [0.5, 0.6) is 0 Å². The van der Waals surface area contributed by atoms with Crippen molar-refractivity contribution in [2.75, 3.05) is 7.11 Å². The number of aromatic nitrogens is 4. The van der Waals surface area contributed by atoms with E-state index in [1.807, 2.05) is 0 Å². The maximum atomic E-state index is 11.0. The van der Waals surface area contributed by atoms with Crippen LogP contribution in [0, 0.1) is 0 Å². The maximum Gasteiger partial charge on any atom is 0.337 e. The van der Waals surface area contributed by atoms with Crippen molar-refractivity contribution in [3.05, 3.63) is 71.4 Å². The number of alkyl halides is 3. The van der Waals surface area contributed by atoms with E-state index in [1.54, 1.807) is 48.5 Å². The predicted molar refractivity (Wildman–Crippen MR) is 146 cm³/mol. The summed E-state index contributed by atoms with van der Waals surface area (Å²) in [5.74, 6) is 2.11. The number of carbonyl (C=O) groups is 1. The van der Waals surface area contributed by atoms with Crippen LogP contribution in [-0.4, -0.2) is 47.5 Å². The molecule has 0 spiro atoms. The first-order valence-electron chi connectivity index (χ1n) is 12.5. The van der Waals surface area contributed by atoms with Crippen LogP contribution in [0.25, 0.3) is 22.9 Å². The Morgan fingerprint density at radius 2 is 1.25 bits per heavy atom. The van der Waals surface area contributed by atoms with E-state index >= 15 is 0 Å². The van der Waals surface area contributed by atoms with Gasteiger partial charge in [0.15, 0.2) is 6.10 Å². The first kappa shape index (κ1) is 28.5. The van der Waals surface area contributed by atoms with E-state index in [0.717, 1.165) is 36.8 Å². The molecule has 2 heterocycles. The number of benzene rings is 2. The summed E-state index contributed by atoms with van der Waals surface area (Å²) in [6.07, 6.45) is 2.27. The lowest BCUT2D eigenvalue weighted by molar-refractivity contribution is -0.148. The Morgan fingerprint density at radius 3 is 1.60 bits per heavy atom. The van der Waals surface area contributed by atoms with Gasteiger partial charge in [0, 0.05) is 30.1 Å². The largest absolute Gasteiger partial charge is 0.479 e.